The molecule has 0 radical (unpaired) electrons. The highest BCUT2D eigenvalue weighted by molar-refractivity contribution is 5.98. The maximum absolute atomic E-state index is 12.6. The highest BCUT2D eigenvalue weighted by Crippen LogP contribution is 2.37. The third kappa shape index (κ3) is 3.64. The van der Waals surface area contributed by atoms with Crippen LogP contribution in [-0.4, -0.2) is 25.5 Å². The number of carbonyl (C=O) groups excluding carboxylic acids is 1. The van der Waals surface area contributed by atoms with E-state index < -0.39 is 10.8 Å². The van der Waals surface area contributed by atoms with E-state index in [2.05, 4.69) is 15.2 Å². The molecule has 154 valence electrons. The molecule has 0 unspecified atom stereocenters. The fourth-order valence-electron chi connectivity index (χ4n) is 3.33. The topological polar surface area (TPSA) is 123 Å². The lowest BCUT2D eigenvalue weighted by Gasteiger charge is -2.05. The largest absolute Gasteiger partial charge is 0.493 e. The third-order valence-corrected chi connectivity index (χ3v) is 4.96. The molecule has 4 rings (SSSR count). The zero-order chi connectivity index (χ0) is 22.1. The van der Waals surface area contributed by atoms with Crippen LogP contribution in [0.2, 0.25) is 0 Å². The zero-order valence-electron chi connectivity index (χ0n) is 16.7. The fraction of sp³-hybridized carbons (Fsp3) is 0.0909. The Labute approximate surface area is 176 Å². The normalized spacial score (nSPS) is 11.3. The molecule has 0 saturated carbocycles. The van der Waals surface area contributed by atoms with Gasteiger partial charge in [0.15, 0.2) is 5.69 Å². The average Bonchev–Trinajstić information content (AvgIpc) is 3.02. The molecule has 31 heavy (non-hydrogen) atoms. The van der Waals surface area contributed by atoms with Crippen LogP contribution in [0.25, 0.3) is 22.2 Å². The summed E-state index contributed by atoms with van der Waals surface area (Å²) < 4.78 is 1.56. The molecule has 0 aliphatic heterocycles. The van der Waals surface area contributed by atoms with Gasteiger partial charge in [0.05, 0.1) is 27.4 Å². The molecule has 0 fully saturated rings. The molecule has 1 amide bonds. The Morgan fingerprint density at radius 2 is 1.90 bits per heavy atom. The lowest BCUT2D eigenvalue weighted by molar-refractivity contribution is -0.384. The van der Waals surface area contributed by atoms with Crippen molar-refractivity contribution in [3.8, 4) is 17.1 Å². The number of aromatic nitrogens is 2. The second-order valence-electron chi connectivity index (χ2n) is 6.89. The number of carbonyl (C=O) groups is 1. The van der Waals surface area contributed by atoms with Gasteiger partial charge in [-0.2, -0.15) is 0 Å². The van der Waals surface area contributed by atoms with E-state index >= 15 is 0 Å². The number of benzene rings is 2. The molecule has 2 aromatic carbocycles. The Kier molecular flexibility index (Phi) is 5.00. The number of para-hydroxylation sites is 1. The maximum atomic E-state index is 12.6. The first kappa shape index (κ1) is 19.9. The predicted octanol–water partition coefficient (Wildman–Crippen LogP) is 5.09. The number of aryl methyl sites for hydroxylation is 2. The summed E-state index contributed by atoms with van der Waals surface area (Å²) in [5.41, 5.74) is 2.67. The molecule has 9 heteroatoms. The van der Waals surface area contributed by atoms with Crippen LogP contribution >= 0.6 is 0 Å². The minimum atomic E-state index is -0.608. The number of hydrogen-bond acceptors (Lipinski definition) is 6. The summed E-state index contributed by atoms with van der Waals surface area (Å²) in [6.45, 7) is 1.65. The number of azo groups is 1. The Morgan fingerprint density at radius 3 is 2.65 bits per heavy atom. The summed E-state index contributed by atoms with van der Waals surface area (Å²) in [6.07, 6.45) is 0. The van der Waals surface area contributed by atoms with E-state index in [1.165, 1.54) is 12.1 Å². The van der Waals surface area contributed by atoms with Crippen molar-refractivity contribution in [1.82, 2.24) is 9.55 Å². The third-order valence-electron chi connectivity index (χ3n) is 4.96. The zero-order valence-corrected chi connectivity index (χ0v) is 16.7. The Balaban J connectivity index is 1.64. The molecule has 0 saturated heterocycles. The second kappa shape index (κ2) is 7.79. The van der Waals surface area contributed by atoms with E-state index in [-0.39, 0.29) is 22.8 Å². The predicted molar refractivity (Wildman–Crippen MR) is 114 cm³/mol. The Hall–Kier alpha value is -4.40. The van der Waals surface area contributed by atoms with Crippen molar-refractivity contribution in [3.63, 3.8) is 0 Å². The first-order chi connectivity index (χ1) is 14.9. The van der Waals surface area contributed by atoms with Gasteiger partial charge < -0.3 is 9.67 Å². The summed E-state index contributed by atoms with van der Waals surface area (Å²) in [4.78, 5) is 27.5. The van der Waals surface area contributed by atoms with Gasteiger partial charge in [0, 0.05) is 30.1 Å². The average molecular weight is 415 g/mol. The van der Waals surface area contributed by atoms with Crippen molar-refractivity contribution < 1.29 is 14.8 Å². The van der Waals surface area contributed by atoms with Crippen molar-refractivity contribution in [1.29, 1.82) is 0 Å². The van der Waals surface area contributed by atoms with Crippen molar-refractivity contribution in [2.24, 2.45) is 17.3 Å². The van der Waals surface area contributed by atoms with E-state index in [1.54, 1.807) is 48.9 Å². The van der Waals surface area contributed by atoms with Crippen LogP contribution in [0, 0.1) is 17.0 Å². The second-order valence-corrected chi connectivity index (χ2v) is 6.89. The number of non-ortho nitro benzene ring substituents is 1. The van der Waals surface area contributed by atoms with Crippen molar-refractivity contribution in [2.45, 2.75) is 6.92 Å². The van der Waals surface area contributed by atoms with Crippen LogP contribution in [0.4, 0.5) is 11.4 Å². The van der Waals surface area contributed by atoms with Crippen LogP contribution in [-0.2, 0) is 7.05 Å². The summed E-state index contributed by atoms with van der Waals surface area (Å²) in [5, 5.41) is 29.7. The summed E-state index contributed by atoms with van der Waals surface area (Å²) in [7, 11) is 1.69. The number of fused-ring (bicyclic) bond motifs is 1. The number of nitro benzene ring substituents is 1. The summed E-state index contributed by atoms with van der Waals surface area (Å²) >= 11 is 0. The number of nitrogens with zero attached hydrogens (tertiary/aromatic N) is 5. The van der Waals surface area contributed by atoms with Gasteiger partial charge in [-0.25, -0.2) is 0 Å². The molecule has 0 bridgehead atoms. The highest BCUT2D eigenvalue weighted by Gasteiger charge is 2.16. The summed E-state index contributed by atoms with van der Waals surface area (Å²) in [5.74, 6) is -0.698. The van der Waals surface area contributed by atoms with E-state index in [0.717, 1.165) is 5.52 Å². The molecule has 4 aromatic rings. The van der Waals surface area contributed by atoms with Crippen molar-refractivity contribution >= 4 is 28.2 Å². The van der Waals surface area contributed by atoms with Gasteiger partial charge in [-0.1, -0.05) is 30.3 Å². The van der Waals surface area contributed by atoms with E-state index in [9.17, 15) is 20.0 Å². The van der Waals surface area contributed by atoms with Gasteiger partial charge >= 0.3 is 0 Å². The van der Waals surface area contributed by atoms with Gasteiger partial charge in [-0.05, 0) is 25.1 Å². The lowest BCUT2D eigenvalue weighted by atomic mass is 10.1. The molecular weight excluding hydrogens is 398 g/mol. The van der Waals surface area contributed by atoms with Crippen LogP contribution in [0.5, 0.6) is 5.88 Å². The molecular formula is C22H17N5O4. The van der Waals surface area contributed by atoms with Crippen LogP contribution in [0.15, 0.2) is 70.9 Å². The van der Waals surface area contributed by atoms with Gasteiger partial charge in [0.1, 0.15) is 0 Å². The van der Waals surface area contributed by atoms with E-state index in [4.69, 9.17) is 0 Å². The molecule has 2 heterocycles. The first-order valence-corrected chi connectivity index (χ1v) is 9.31. The minimum Gasteiger partial charge on any atom is -0.493 e. The van der Waals surface area contributed by atoms with E-state index in [0.29, 0.717) is 22.3 Å². The van der Waals surface area contributed by atoms with Gasteiger partial charge in [0.2, 0.25) is 5.88 Å². The van der Waals surface area contributed by atoms with Crippen LogP contribution in [0.1, 0.15) is 16.1 Å². The van der Waals surface area contributed by atoms with Crippen molar-refractivity contribution in [3.05, 3.63) is 82.0 Å². The molecule has 0 aliphatic carbocycles. The monoisotopic (exact) mass is 415 g/mol. The number of nitro groups is 1. The SMILES string of the molecule is Cc1nc(-c2cccc([N+](=O)[O-])c2)ccc1C(=O)N=Nc1c(O)n(C)c2ccccc12. The van der Waals surface area contributed by atoms with Crippen LogP contribution in [0.3, 0.4) is 0 Å². The van der Waals surface area contributed by atoms with Crippen LogP contribution < -0.4 is 0 Å². The van der Waals surface area contributed by atoms with Gasteiger partial charge in [-0.3, -0.25) is 19.9 Å². The minimum absolute atomic E-state index is 0.0409. The lowest BCUT2D eigenvalue weighted by Crippen LogP contribution is -2.01. The van der Waals surface area contributed by atoms with Crippen molar-refractivity contribution in [2.75, 3.05) is 0 Å². The first-order valence-electron chi connectivity index (χ1n) is 9.31. The maximum Gasteiger partial charge on any atom is 0.297 e. The molecule has 1 N–H and O–H groups in total. The summed E-state index contributed by atoms with van der Waals surface area (Å²) in [6, 6.07) is 16.5. The van der Waals surface area contributed by atoms with Gasteiger partial charge in [0.25, 0.3) is 11.6 Å². The Bertz CT molecular complexity index is 1370. The van der Waals surface area contributed by atoms with Gasteiger partial charge in [-0.15, -0.1) is 10.2 Å². The smallest absolute Gasteiger partial charge is 0.297 e. The number of hydrogen-bond donors (Lipinski definition) is 1. The molecule has 0 spiro atoms. The molecule has 0 atom stereocenters. The molecule has 0 aliphatic rings. The number of pyridine rings is 1. The molecule has 9 nitrogen and oxygen atoms in total. The highest BCUT2D eigenvalue weighted by atomic mass is 16.6. The fourth-order valence-corrected chi connectivity index (χ4v) is 3.33. The number of amides is 1. The number of aromatic hydroxyl groups is 1. The molecule has 2 aromatic heterocycles. The number of rotatable bonds is 4. The standard InChI is InChI=1S/C22H17N5O4/c1-13-16(10-11-18(23-13)14-6-5-7-15(12-14)27(30)31)21(28)25-24-20-17-8-3-4-9-19(17)26(2)22(20)29/h3-12,29H,1-2H3. The van der Waals surface area contributed by atoms with E-state index in [1.807, 2.05) is 18.2 Å². The Morgan fingerprint density at radius 1 is 1.13 bits per heavy atom. The quantitative estimate of drug-likeness (QED) is 0.283.